The number of aromatic nitrogens is 1. The average molecular weight is 272 g/mol. The summed E-state index contributed by atoms with van der Waals surface area (Å²) in [7, 11) is 0. The molecule has 0 fully saturated rings. The normalized spacial score (nSPS) is 10.5. The van der Waals surface area contributed by atoms with Crippen molar-refractivity contribution in [3.05, 3.63) is 65.0 Å². The van der Waals surface area contributed by atoms with Gasteiger partial charge in [-0.1, -0.05) is 54.1 Å². The van der Waals surface area contributed by atoms with Crippen LogP contribution in [0.15, 0.2) is 60.0 Å². The molecule has 0 bridgehead atoms. The molecule has 88 valence electrons. The van der Waals surface area contributed by atoms with Crippen molar-refractivity contribution < 1.29 is 0 Å². The highest BCUT2D eigenvalue weighted by atomic mass is 35.5. The molecular weight excluding hydrogens is 262 g/mol. The van der Waals surface area contributed by atoms with Gasteiger partial charge in [-0.15, -0.1) is 11.3 Å². The molecule has 2 aromatic carbocycles. The molecule has 0 radical (unpaired) electrons. The van der Waals surface area contributed by atoms with Gasteiger partial charge in [0, 0.05) is 21.5 Å². The van der Waals surface area contributed by atoms with E-state index < -0.39 is 0 Å². The van der Waals surface area contributed by atoms with Crippen molar-refractivity contribution in [3.63, 3.8) is 0 Å². The molecule has 3 rings (SSSR count). The highest BCUT2D eigenvalue weighted by Crippen LogP contribution is 2.29. The topological polar surface area (TPSA) is 12.9 Å². The fourth-order valence-electron chi connectivity index (χ4n) is 1.77. The van der Waals surface area contributed by atoms with Gasteiger partial charge in [-0.3, -0.25) is 0 Å². The molecule has 0 aliphatic heterocycles. The number of halogens is 1. The smallest absolute Gasteiger partial charge is 0.124 e. The summed E-state index contributed by atoms with van der Waals surface area (Å²) in [6, 6.07) is 18.0. The minimum atomic E-state index is 0.740. The van der Waals surface area contributed by atoms with Crippen LogP contribution in [0.4, 0.5) is 0 Å². The standard InChI is InChI=1S/C15H10ClNS/c16-13-8-4-7-12(9-13)15-17-14(10-18-15)11-5-2-1-3-6-11/h1-10H. The van der Waals surface area contributed by atoms with Gasteiger partial charge in [0.2, 0.25) is 0 Å². The summed E-state index contributed by atoms with van der Waals surface area (Å²) in [4.78, 5) is 4.65. The number of benzene rings is 2. The van der Waals surface area contributed by atoms with Crippen LogP contribution in [-0.4, -0.2) is 4.98 Å². The highest BCUT2D eigenvalue weighted by molar-refractivity contribution is 7.13. The van der Waals surface area contributed by atoms with Gasteiger partial charge in [0.15, 0.2) is 0 Å². The van der Waals surface area contributed by atoms with Crippen molar-refractivity contribution in [2.24, 2.45) is 0 Å². The Morgan fingerprint density at radius 3 is 2.44 bits per heavy atom. The zero-order chi connectivity index (χ0) is 12.4. The van der Waals surface area contributed by atoms with Crippen LogP contribution in [0, 0.1) is 0 Å². The molecule has 0 saturated carbocycles. The third-order valence-electron chi connectivity index (χ3n) is 2.65. The molecule has 1 heterocycles. The third kappa shape index (κ3) is 2.30. The van der Waals surface area contributed by atoms with Gasteiger partial charge in [0.1, 0.15) is 5.01 Å². The Morgan fingerprint density at radius 2 is 1.67 bits per heavy atom. The molecule has 0 saturated heterocycles. The second kappa shape index (κ2) is 4.92. The van der Waals surface area contributed by atoms with Crippen LogP contribution in [0.25, 0.3) is 21.8 Å². The van der Waals surface area contributed by atoms with Crippen molar-refractivity contribution in [2.75, 3.05) is 0 Å². The SMILES string of the molecule is Clc1cccc(-c2nc(-c3ccccc3)cs2)c1. The molecule has 0 aliphatic carbocycles. The van der Waals surface area contributed by atoms with E-state index in [1.54, 1.807) is 11.3 Å². The maximum absolute atomic E-state index is 6.00. The van der Waals surface area contributed by atoms with Crippen LogP contribution >= 0.6 is 22.9 Å². The molecule has 1 aromatic heterocycles. The average Bonchev–Trinajstić information content (AvgIpc) is 2.89. The van der Waals surface area contributed by atoms with Gasteiger partial charge in [-0.25, -0.2) is 4.98 Å². The summed E-state index contributed by atoms with van der Waals surface area (Å²) in [6.45, 7) is 0. The summed E-state index contributed by atoms with van der Waals surface area (Å²) in [5.74, 6) is 0. The Labute approximate surface area is 115 Å². The van der Waals surface area contributed by atoms with Gasteiger partial charge in [0.25, 0.3) is 0 Å². The molecule has 18 heavy (non-hydrogen) atoms. The lowest BCUT2D eigenvalue weighted by molar-refractivity contribution is 1.40. The summed E-state index contributed by atoms with van der Waals surface area (Å²) < 4.78 is 0. The first-order valence-electron chi connectivity index (χ1n) is 5.60. The lowest BCUT2D eigenvalue weighted by atomic mass is 10.2. The van der Waals surface area contributed by atoms with Crippen LogP contribution in [0.1, 0.15) is 0 Å². The van der Waals surface area contributed by atoms with E-state index in [0.29, 0.717) is 0 Å². The quantitative estimate of drug-likeness (QED) is 0.630. The van der Waals surface area contributed by atoms with E-state index in [2.05, 4.69) is 22.5 Å². The second-order valence-electron chi connectivity index (χ2n) is 3.91. The van der Waals surface area contributed by atoms with E-state index in [9.17, 15) is 0 Å². The van der Waals surface area contributed by atoms with Gasteiger partial charge in [0.05, 0.1) is 5.69 Å². The van der Waals surface area contributed by atoms with E-state index in [1.165, 1.54) is 0 Å². The van der Waals surface area contributed by atoms with E-state index >= 15 is 0 Å². The predicted octanol–water partition coefficient (Wildman–Crippen LogP) is 5.13. The fraction of sp³-hybridized carbons (Fsp3) is 0. The maximum atomic E-state index is 6.00. The molecule has 3 heteroatoms. The zero-order valence-corrected chi connectivity index (χ0v) is 11.1. The number of hydrogen-bond acceptors (Lipinski definition) is 2. The molecular formula is C15H10ClNS. The van der Waals surface area contributed by atoms with Crippen LogP contribution in [-0.2, 0) is 0 Å². The maximum Gasteiger partial charge on any atom is 0.124 e. The van der Waals surface area contributed by atoms with Gasteiger partial charge >= 0.3 is 0 Å². The molecule has 0 N–H and O–H groups in total. The molecule has 0 atom stereocenters. The summed E-state index contributed by atoms with van der Waals surface area (Å²) in [5.41, 5.74) is 3.22. The number of thiazole rings is 1. The van der Waals surface area contributed by atoms with Gasteiger partial charge in [-0.2, -0.15) is 0 Å². The number of rotatable bonds is 2. The number of nitrogens with zero attached hydrogens (tertiary/aromatic N) is 1. The zero-order valence-electron chi connectivity index (χ0n) is 9.51. The minimum Gasteiger partial charge on any atom is -0.236 e. The van der Waals surface area contributed by atoms with Crippen LogP contribution in [0.5, 0.6) is 0 Å². The fourth-order valence-corrected chi connectivity index (χ4v) is 2.79. The van der Waals surface area contributed by atoms with Crippen LogP contribution in [0.2, 0.25) is 5.02 Å². The Morgan fingerprint density at radius 1 is 0.889 bits per heavy atom. The first kappa shape index (κ1) is 11.5. The largest absolute Gasteiger partial charge is 0.236 e. The van der Waals surface area contributed by atoms with Crippen molar-refractivity contribution in [1.29, 1.82) is 0 Å². The number of hydrogen-bond donors (Lipinski definition) is 0. The van der Waals surface area contributed by atoms with Crippen molar-refractivity contribution in [1.82, 2.24) is 4.98 Å². The first-order valence-corrected chi connectivity index (χ1v) is 6.85. The second-order valence-corrected chi connectivity index (χ2v) is 5.21. The Bertz CT molecular complexity index is 661. The monoisotopic (exact) mass is 271 g/mol. The molecule has 1 nitrogen and oxygen atoms in total. The summed E-state index contributed by atoms with van der Waals surface area (Å²) in [6.07, 6.45) is 0. The van der Waals surface area contributed by atoms with Crippen molar-refractivity contribution in [3.8, 4) is 21.8 Å². The van der Waals surface area contributed by atoms with Gasteiger partial charge < -0.3 is 0 Å². The Kier molecular flexibility index (Phi) is 3.13. The summed E-state index contributed by atoms with van der Waals surface area (Å²) >= 11 is 7.63. The lowest BCUT2D eigenvalue weighted by Crippen LogP contribution is -1.79. The van der Waals surface area contributed by atoms with E-state index in [-0.39, 0.29) is 0 Å². The van der Waals surface area contributed by atoms with E-state index in [0.717, 1.165) is 26.9 Å². The van der Waals surface area contributed by atoms with E-state index in [1.807, 2.05) is 42.5 Å². The molecule has 0 amide bonds. The molecule has 3 aromatic rings. The first-order chi connectivity index (χ1) is 8.83. The predicted molar refractivity (Wildman–Crippen MR) is 78.0 cm³/mol. The van der Waals surface area contributed by atoms with Crippen molar-refractivity contribution in [2.45, 2.75) is 0 Å². The Hall–Kier alpha value is -1.64. The van der Waals surface area contributed by atoms with Crippen LogP contribution < -0.4 is 0 Å². The molecule has 0 spiro atoms. The lowest BCUT2D eigenvalue weighted by Gasteiger charge is -1.97. The third-order valence-corrected chi connectivity index (χ3v) is 3.77. The van der Waals surface area contributed by atoms with Crippen molar-refractivity contribution >= 4 is 22.9 Å². The Balaban J connectivity index is 2.00. The molecule has 0 aliphatic rings. The van der Waals surface area contributed by atoms with Gasteiger partial charge in [-0.05, 0) is 12.1 Å². The molecule has 0 unspecified atom stereocenters. The minimum absolute atomic E-state index is 0.740. The van der Waals surface area contributed by atoms with Crippen LogP contribution in [0.3, 0.4) is 0 Å². The van der Waals surface area contributed by atoms with E-state index in [4.69, 9.17) is 11.6 Å². The summed E-state index contributed by atoms with van der Waals surface area (Å²) in [5, 5.41) is 3.81. The highest BCUT2D eigenvalue weighted by Gasteiger charge is 2.06.